The molecule has 33 heavy (non-hydrogen) atoms. The van der Waals surface area contributed by atoms with Gasteiger partial charge in [0.2, 0.25) is 0 Å². The summed E-state index contributed by atoms with van der Waals surface area (Å²) in [6.45, 7) is 5.52. The maximum atomic E-state index is 13.3. The number of benzene rings is 2. The Hall–Kier alpha value is -2.33. The first-order valence-electron chi connectivity index (χ1n) is 10.7. The second kappa shape index (κ2) is 10.7. The number of nitrogens with one attached hydrogen (secondary N) is 2. The topological polar surface area (TPSA) is 97.0 Å². The lowest BCUT2D eigenvalue weighted by Crippen LogP contribution is -2.44. The SMILES string of the molecule is CO[C@@H]1CN(C)C(=O)c2cc(NS(=O)(=O)c3cccc(Cl)c3)ccc2OC[C@H](C)NC[C@H]1C. The Morgan fingerprint density at radius 3 is 2.67 bits per heavy atom. The average Bonchev–Trinajstić information content (AvgIpc) is 2.78. The zero-order valence-corrected chi connectivity index (χ0v) is 20.7. The lowest BCUT2D eigenvalue weighted by atomic mass is 10.0. The van der Waals surface area contributed by atoms with E-state index in [1.807, 2.05) is 6.92 Å². The highest BCUT2D eigenvalue weighted by Crippen LogP contribution is 2.27. The van der Waals surface area contributed by atoms with E-state index in [4.69, 9.17) is 21.1 Å². The van der Waals surface area contributed by atoms with E-state index in [1.54, 1.807) is 43.3 Å². The normalized spacial score (nSPS) is 22.5. The molecular weight excluding hydrogens is 466 g/mol. The predicted molar refractivity (Wildman–Crippen MR) is 129 cm³/mol. The number of likely N-dealkylation sites (N-methyl/N-ethyl adjacent to an activating group) is 1. The minimum Gasteiger partial charge on any atom is -0.491 e. The highest BCUT2D eigenvalue weighted by Gasteiger charge is 2.26. The summed E-state index contributed by atoms with van der Waals surface area (Å²) >= 11 is 5.94. The Bertz CT molecular complexity index is 1100. The number of hydrogen-bond donors (Lipinski definition) is 2. The molecule has 0 radical (unpaired) electrons. The molecule has 0 unspecified atom stereocenters. The van der Waals surface area contributed by atoms with Crippen LogP contribution in [-0.4, -0.2) is 65.2 Å². The Kier molecular flexibility index (Phi) is 8.23. The number of nitrogens with zero attached hydrogens (tertiary/aromatic N) is 1. The van der Waals surface area contributed by atoms with Crippen LogP contribution in [0.1, 0.15) is 24.2 Å². The number of carbonyl (C=O) groups is 1. The number of hydrogen-bond acceptors (Lipinski definition) is 6. The third-order valence-corrected chi connectivity index (χ3v) is 7.20. The van der Waals surface area contributed by atoms with Gasteiger partial charge < -0.3 is 19.7 Å². The van der Waals surface area contributed by atoms with Gasteiger partial charge in [0.25, 0.3) is 15.9 Å². The van der Waals surface area contributed by atoms with Gasteiger partial charge in [-0.15, -0.1) is 0 Å². The second-order valence-corrected chi connectivity index (χ2v) is 10.5. The van der Waals surface area contributed by atoms with Gasteiger partial charge in [-0.2, -0.15) is 0 Å². The molecule has 0 bridgehead atoms. The van der Waals surface area contributed by atoms with Crippen LogP contribution in [0.5, 0.6) is 5.75 Å². The number of halogens is 1. The van der Waals surface area contributed by atoms with Crippen molar-refractivity contribution < 1.29 is 22.7 Å². The van der Waals surface area contributed by atoms with Crippen molar-refractivity contribution in [1.82, 2.24) is 10.2 Å². The van der Waals surface area contributed by atoms with Crippen LogP contribution in [-0.2, 0) is 14.8 Å². The molecule has 10 heteroatoms. The van der Waals surface area contributed by atoms with E-state index in [0.717, 1.165) is 6.54 Å². The molecular formula is C23H30ClN3O5S. The van der Waals surface area contributed by atoms with Crippen molar-refractivity contribution in [2.45, 2.75) is 30.9 Å². The maximum absolute atomic E-state index is 13.3. The monoisotopic (exact) mass is 495 g/mol. The molecule has 1 amide bonds. The Balaban J connectivity index is 1.94. The molecule has 0 fully saturated rings. The number of rotatable bonds is 4. The van der Waals surface area contributed by atoms with Crippen molar-refractivity contribution in [3.63, 3.8) is 0 Å². The van der Waals surface area contributed by atoms with Crippen molar-refractivity contribution in [2.24, 2.45) is 5.92 Å². The fourth-order valence-electron chi connectivity index (χ4n) is 3.57. The summed E-state index contributed by atoms with van der Waals surface area (Å²) in [7, 11) is -0.569. The highest BCUT2D eigenvalue weighted by molar-refractivity contribution is 7.92. The highest BCUT2D eigenvalue weighted by atomic mass is 35.5. The Morgan fingerprint density at radius 1 is 1.21 bits per heavy atom. The summed E-state index contributed by atoms with van der Waals surface area (Å²) in [5, 5.41) is 3.74. The van der Waals surface area contributed by atoms with Gasteiger partial charge in [-0.25, -0.2) is 8.42 Å². The third-order valence-electron chi connectivity index (χ3n) is 5.58. The van der Waals surface area contributed by atoms with Crippen molar-refractivity contribution >= 4 is 33.2 Å². The summed E-state index contributed by atoms with van der Waals surface area (Å²) in [4.78, 5) is 14.9. The number of sulfonamides is 1. The summed E-state index contributed by atoms with van der Waals surface area (Å²) in [5.41, 5.74) is 0.507. The van der Waals surface area contributed by atoms with Crippen LogP contribution < -0.4 is 14.8 Å². The van der Waals surface area contributed by atoms with Crippen LogP contribution in [0.25, 0.3) is 0 Å². The van der Waals surface area contributed by atoms with Gasteiger partial charge in [-0.05, 0) is 49.2 Å². The quantitative estimate of drug-likeness (QED) is 0.676. The van der Waals surface area contributed by atoms with Crippen molar-refractivity contribution in [3.05, 3.63) is 53.1 Å². The van der Waals surface area contributed by atoms with Crippen LogP contribution in [0.4, 0.5) is 5.69 Å². The van der Waals surface area contributed by atoms with Gasteiger partial charge in [0, 0.05) is 44.0 Å². The molecule has 1 heterocycles. The predicted octanol–water partition coefficient (Wildman–Crippen LogP) is 3.23. The molecule has 1 aliphatic rings. The average molecular weight is 496 g/mol. The summed E-state index contributed by atoms with van der Waals surface area (Å²) in [5.74, 6) is 0.264. The first-order chi connectivity index (χ1) is 15.6. The minimum atomic E-state index is -3.89. The molecule has 0 aromatic heterocycles. The summed E-state index contributed by atoms with van der Waals surface area (Å²) < 4.78 is 39.7. The maximum Gasteiger partial charge on any atom is 0.261 e. The van der Waals surface area contributed by atoms with E-state index < -0.39 is 10.0 Å². The molecule has 0 spiro atoms. The molecule has 2 N–H and O–H groups in total. The number of carbonyl (C=O) groups excluding carboxylic acids is 1. The lowest BCUT2D eigenvalue weighted by Gasteiger charge is -2.30. The van der Waals surface area contributed by atoms with E-state index in [-0.39, 0.29) is 40.1 Å². The Morgan fingerprint density at radius 2 is 1.97 bits per heavy atom. The molecule has 2 aromatic carbocycles. The number of methoxy groups -OCH3 is 1. The van der Waals surface area contributed by atoms with Gasteiger partial charge in [0.05, 0.1) is 16.6 Å². The van der Waals surface area contributed by atoms with E-state index in [9.17, 15) is 13.2 Å². The Labute approximate surface area is 200 Å². The smallest absolute Gasteiger partial charge is 0.261 e. The molecule has 0 saturated carbocycles. The first-order valence-corrected chi connectivity index (χ1v) is 12.5. The molecule has 1 aliphatic heterocycles. The summed E-state index contributed by atoms with van der Waals surface area (Å²) in [6.07, 6.45) is -0.160. The molecule has 0 saturated heterocycles. The zero-order valence-electron chi connectivity index (χ0n) is 19.2. The fourth-order valence-corrected chi connectivity index (χ4v) is 4.92. The van der Waals surface area contributed by atoms with Gasteiger partial charge in [0.15, 0.2) is 0 Å². The standard InChI is InChI=1S/C23H30ClN3O5S/c1-15-12-25-16(2)14-32-21-9-8-18(11-20(21)23(28)27(3)13-22(15)31-4)26-33(29,30)19-7-5-6-17(24)10-19/h5-11,15-16,22,25-26H,12-14H2,1-4H3/t15-,16+,22-/m1/s1. The minimum absolute atomic E-state index is 0.0271. The molecule has 0 aliphatic carbocycles. The van der Waals surface area contributed by atoms with Gasteiger partial charge in [0.1, 0.15) is 12.4 Å². The van der Waals surface area contributed by atoms with E-state index in [2.05, 4.69) is 17.0 Å². The molecule has 2 aromatic rings. The van der Waals surface area contributed by atoms with Crippen LogP contribution in [0.15, 0.2) is 47.4 Å². The fraction of sp³-hybridized carbons (Fsp3) is 0.435. The number of fused-ring (bicyclic) bond motifs is 1. The molecule has 3 rings (SSSR count). The first kappa shape index (κ1) is 25.3. The molecule has 3 atom stereocenters. The van der Waals surface area contributed by atoms with Crippen molar-refractivity contribution in [1.29, 1.82) is 0 Å². The van der Waals surface area contributed by atoms with Gasteiger partial charge in [-0.3, -0.25) is 9.52 Å². The van der Waals surface area contributed by atoms with Crippen LogP contribution in [0.3, 0.4) is 0 Å². The molecule has 8 nitrogen and oxygen atoms in total. The number of amides is 1. The number of anilines is 1. The number of ether oxygens (including phenoxy) is 2. The lowest BCUT2D eigenvalue weighted by molar-refractivity contribution is 0.0281. The van der Waals surface area contributed by atoms with Crippen molar-refractivity contribution in [3.8, 4) is 5.75 Å². The van der Waals surface area contributed by atoms with Gasteiger partial charge >= 0.3 is 0 Å². The van der Waals surface area contributed by atoms with E-state index in [0.29, 0.717) is 23.9 Å². The summed E-state index contributed by atoms with van der Waals surface area (Å²) in [6, 6.07) is 10.7. The van der Waals surface area contributed by atoms with Crippen molar-refractivity contribution in [2.75, 3.05) is 38.6 Å². The van der Waals surface area contributed by atoms with Crippen LogP contribution in [0.2, 0.25) is 5.02 Å². The largest absolute Gasteiger partial charge is 0.491 e. The van der Waals surface area contributed by atoms with E-state index >= 15 is 0 Å². The zero-order chi connectivity index (χ0) is 24.2. The third kappa shape index (κ3) is 6.38. The van der Waals surface area contributed by atoms with Crippen LogP contribution >= 0.6 is 11.6 Å². The van der Waals surface area contributed by atoms with Crippen LogP contribution in [0, 0.1) is 5.92 Å². The van der Waals surface area contributed by atoms with E-state index in [1.165, 1.54) is 18.2 Å². The second-order valence-electron chi connectivity index (χ2n) is 8.33. The molecule has 180 valence electrons. The van der Waals surface area contributed by atoms with Gasteiger partial charge in [-0.1, -0.05) is 24.6 Å².